The van der Waals surface area contributed by atoms with Gasteiger partial charge in [-0.1, -0.05) is 13.3 Å². The molecule has 1 saturated carbocycles. The van der Waals surface area contributed by atoms with E-state index >= 15 is 0 Å². The number of alkyl carbamates (subject to hydrolysis) is 1. The van der Waals surface area contributed by atoms with Crippen molar-refractivity contribution in [3.8, 4) is 0 Å². The normalized spacial score (nSPS) is 16.9. The van der Waals surface area contributed by atoms with Crippen molar-refractivity contribution in [2.45, 2.75) is 84.1 Å². The minimum atomic E-state index is -1.06. The van der Waals surface area contributed by atoms with Crippen LogP contribution in [0.15, 0.2) is 0 Å². The van der Waals surface area contributed by atoms with Crippen LogP contribution in [0.5, 0.6) is 0 Å². The molecule has 7 heteroatoms. The molecule has 1 rings (SSSR count). The van der Waals surface area contributed by atoms with E-state index in [1.807, 2.05) is 6.92 Å². The van der Waals surface area contributed by atoms with E-state index in [9.17, 15) is 14.4 Å². The van der Waals surface area contributed by atoms with Crippen molar-refractivity contribution < 1.29 is 23.9 Å². The Balaban J connectivity index is 2.78. The maximum Gasteiger partial charge on any atom is 0.408 e. The quantitative estimate of drug-likeness (QED) is 0.696. The Morgan fingerprint density at radius 2 is 1.83 bits per heavy atom. The average Bonchev–Trinajstić information content (AvgIpc) is 3.16. The van der Waals surface area contributed by atoms with Gasteiger partial charge >= 0.3 is 12.1 Å². The van der Waals surface area contributed by atoms with E-state index in [0.717, 1.165) is 19.3 Å². The molecule has 2 amide bonds. The molecular formula is C16H28N2O5. The zero-order valence-electron chi connectivity index (χ0n) is 14.6. The Morgan fingerprint density at radius 3 is 2.26 bits per heavy atom. The smallest absolute Gasteiger partial charge is 0.408 e. The SMILES string of the molecule is CCC[C@@H](NC(=O)OC(C)(C)C)[C@H](OC(C)=O)C(=O)NC1CC1. The lowest BCUT2D eigenvalue weighted by atomic mass is 10.0. The van der Waals surface area contributed by atoms with E-state index in [1.54, 1.807) is 20.8 Å². The third kappa shape index (κ3) is 7.85. The zero-order chi connectivity index (χ0) is 17.6. The molecule has 0 heterocycles. The first-order valence-electron chi connectivity index (χ1n) is 8.09. The first-order chi connectivity index (χ1) is 10.6. The fourth-order valence-corrected chi connectivity index (χ4v) is 2.08. The molecule has 0 aromatic heterocycles. The minimum Gasteiger partial charge on any atom is -0.450 e. The Hall–Kier alpha value is -1.79. The third-order valence-corrected chi connectivity index (χ3v) is 3.14. The predicted octanol–water partition coefficient (Wildman–Crippen LogP) is 1.89. The first kappa shape index (κ1) is 19.3. The van der Waals surface area contributed by atoms with Crippen molar-refractivity contribution in [2.24, 2.45) is 0 Å². The maximum absolute atomic E-state index is 12.3. The molecule has 0 unspecified atom stereocenters. The van der Waals surface area contributed by atoms with Gasteiger partial charge < -0.3 is 20.1 Å². The fraction of sp³-hybridized carbons (Fsp3) is 0.812. The molecule has 132 valence electrons. The number of hydrogen-bond acceptors (Lipinski definition) is 5. The van der Waals surface area contributed by atoms with Crippen LogP contribution >= 0.6 is 0 Å². The van der Waals surface area contributed by atoms with Crippen LogP contribution in [-0.4, -0.2) is 41.8 Å². The summed E-state index contributed by atoms with van der Waals surface area (Å²) in [5, 5.41) is 5.47. The van der Waals surface area contributed by atoms with Gasteiger partial charge in [-0.05, 0) is 40.0 Å². The summed E-state index contributed by atoms with van der Waals surface area (Å²) in [6.45, 7) is 8.43. The van der Waals surface area contributed by atoms with Crippen LogP contribution in [0.4, 0.5) is 4.79 Å². The van der Waals surface area contributed by atoms with Crippen molar-refractivity contribution in [3.05, 3.63) is 0 Å². The molecule has 0 aromatic carbocycles. The summed E-state index contributed by atoms with van der Waals surface area (Å²) in [7, 11) is 0. The summed E-state index contributed by atoms with van der Waals surface area (Å²) in [4.78, 5) is 35.7. The van der Waals surface area contributed by atoms with Gasteiger partial charge in [-0.15, -0.1) is 0 Å². The highest BCUT2D eigenvalue weighted by molar-refractivity contribution is 5.85. The summed E-state index contributed by atoms with van der Waals surface area (Å²) < 4.78 is 10.4. The van der Waals surface area contributed by atoms with Crippen LogP contribution in [0.2, 0.25) is 0 Å². The molecule has 2 N–H and O–H groups in total. The lowest BCUT2D eigenvalue weighted by molar-refractivity contribution is -0.156. The Kier molecular flexibility index (Phi) is 6.84. The number of rotatable bonds is 7. The summed E-state index contributed by atoms with van der Waals surface area (Å²) >= 11 is 0. The molecule has 0 bridgehead atoms. The van der Waals surface area contributed by atoms with Crippen molar-refractivity contribution in [1.82, 2.24) is 10.6 Å². The monoisotopic (exact) mass is 328 g/mol. The number of ether oxygens (including phenoxy) is 2. The van der Waals surface area contributed by atoms with Gasteiger partial charge in [-0.25, -0.2) is 4.79 Å². The second-order valence-corrected chi connectivity index (χ2v) is 6.85. The van der Waals surface area contributed by atoms with E-state index in [1.165, 1.54) is 6.92 Å². The molecule has 0 spiro atoms. The number of nitrogens with one attached hydrogen (secondary N) is 2. The van der Waals surface area contributed by atoms with Crippen LogP contribution in [0.1, 0.15) is 60.3 Å². The topological polar surface area (TPSA) is 93.7 Å². The highest BCUT2D eigenvalue weighted by atomic mass is 16.6. The zero-order valence-corrected chi connectivity index (χ0v) is 14.6. The molecule has 23 heavy (non-hydrogen) atoms. The largest absolute Gasteiger partial charge is 0.450 e. The lowest BCUT2D eigenvalue weighted by Crippen LogP contribution is -2.53. The molecule has 1 aliphatic rings. The van der Waals surface area contributed by atoms with Gasteiger partial charge in [-0.2, -0.15) is 0 Å². The molecule has 0 saturated heterocycles. The molecule has 0 aromatic rings. The summed E-state index contributed by atoms with van der Waals surface area (Å²) in [5.41, 5.74) is -0.645. The molecule has 1 fully saturated rings. The molecular weight excluding hydrogens is 300 g/mol. The van der Waals surface area contributed by atoms with Crippen molar-refractivity contribution >= 4 is 18.0 Å². The molecule has 2 atom stereocenters. The fourth-order valence-electron chi connectivity index (χ4n) is 2.08. The summed E-state index contributed by atoms with van der Waals surface area (Å²) in [6.07, 6.45) is 1.38. The van der Waals surface area contributed by atoms with Gasteiger partial charge in [-0.3, -0.25) is 9.59 Å². The molecule has 0 radical (unpaired) electrons. The maximum atomic E-state index is 12.3. The van der Waals surface area contributed by atoms with E-state index in [0.29, 0.717) is 6.42 Å². The van der Waals surface area contributed by atoms with Crippen LogP contribution in [0, 0.1) is 0 Å². The van der Waals surface area contributed by atoms with Gasteiger partial charge in [0.2, 0.25) is 0 Å². The van der Waals surface area contributed by atoms with Crippen LogP contribution in [0.3, 0.4) is 0 Å². The standard InChI is InChI=1S/C16H28N2O5/c1-6-7-12(18-15(21)23-16(3,4)5)13(22-10(2)19)14(20)17-11-8-9-11/h11-13H,6-9H2,1-5H3,(H,17,20)(H,18,21)/t12-,13+/m1/s1. The van der Waals surface area contributed by atoms with Crippen LogP contribution in [-0.2, 0) is 19.1 Å². The second kappa shape index (κ2) is 8.17. The number of carbonyl (C=O) groups excluding carboxylic acids is 3. The van der Waals surface area contributed by atoms with Gasteiger partial charge in [0.05, 0.1) is 6.04 Å². The number of carbonyl (C=O) groups is 3. The summed E-state index contributed by atoms with van der Waals surface area (Å²) in [6, 6.07) is -0.484. The van der Waals surface area contributed by atoms with E-state index < -0.39 is 29.8 Å². The van der Waals surface area contributed by atoms with Crippen molar-refractivity contribution in [2.75, 3.05) is 0 Å². The molecule has 0 aliphatic heterocycles. The number of amides is 2. The van der Waals surface area contributed by atoms with Crippen molar-refractivity contribution in [3.63, 3.8) is 0 Å². The second-order valence-electron chi connectivity index (χ2n) is 6.85. The van der Waals surface area contributed by atoms with Gasteiger partial charge in [0, 0.05) is 13.0 Å². The van der Waals surface area contributed by atoms with Crippen LogP contribution < -0.4 is 10.6 Å². The number of esters is 1. The highest BCUT2D eigenvalue weighted by Gasteiger charge is 2.35. The van der Waals surface area contributed by atoms with E-state index in [-0.39, 0.29) is 11.9 Å². The minimum absolute atomic E-state index is 0.143. The first-order valence-corrected chi connectivity index (χ1v) is 8.09. The highest BCUT2D eigenvalue weighted by Crippen LogP contribution is 2.20. The lowest BCUT2D eigenvalue weighted by Gasteiger charge is -2.28. The molecule has 7 nitrogen and oxygen atoms in total. The van der Waals surface area contributed by atoms with E-state index in [2.05, 4.69) is 10.6 Å². The average molecular weight is 328 g/mol. The Labute approximate surface area is 137 Å². The third-order valence-electron chi connectivity index (χ3n) is 3.14. The van der Waals surface area contributed by atoms with Crippen LogP contribution in [0.25, 0.3) is 0 Å². The predicted molar refractivity (Wildman–Crippen MR) is 84.8 cm³/mol. The Bertz CT molecular complexity index is 440. The Morgan fingerprint density at radius 1 is 1.22 bits per heavy atom. The van der Waals surface area contributed by atoms with Gasteiger partial charge in [0.25, 0.3) is 5.91 Å². The van der Waals surface area contributed by atoms with E-state index in [4.69, 9.17) is 9.47 Å². The summed E-state index contributed by atoms with van der Waals surface area (Å²) in [5.74, 6) is -0.940. The molecule has 1 aliphatic carbocycles. The number of hydrogen-bond donors (Lipinski definition) is 2. The van der Waals surface area contributed by atoms with Gasteiger partial charge in [0.1, 0.15) is 5.60 Å². The van der Waals surface area contributed by atoms with Gasteiger partial charge in [0.15, 0.2) is 6.10 Å². The van der Waals surface area contributed by atoms with Crippen molar-refractivity contribution in [1.29, 1.82) is 0 Å².